The molecule has 0 atom stereocenters. The van der Waals surface area contributed by atoms with Crippen LogP contribution in [0.1, 0.15) is 11.9 Å². The number of aryl methyl sites for hydroxylation is 1. The van der Waals surface area contributed by atoms with E-state index in [0.717, 1.165) is 14.4 Å². The van der Waals surface area contributed by atoms with Crippen LogP contribution >= 0.6 is 34.9 Å². The summed E-state index contributed by atoms with van der Waals surface area (Å²) >= 11 is 5.35. The smallest absolute Gasteiger partial charge is 0.151 e. The minimum Gasteiger partial charge on any atom is -0.151 e. The molecule has 5 heteroatoms. The van der Waals surface area contributed by atoms with E-state index in [2.05, 4.69) is 17.1 Å². The Hall–Kier alpha value is 0.260. The lowest BCUT2D eigenvalue weighted by molar-refractivity contribution is 0.985. The average Bonchev–Trinajstić information content (AvgIpc) is 2.37. The second-order valence-corrected chi connectivity index (χ2v) is 5.89. The van der Waals surface area contributed by atoms with Gasteiger partial charge < -0.3 is 0 Å². The van der Waals surface area contributed by atoms with E-state index in [1.54, 1.807) is 23.1 Å². The first kappa shape index (κ1) is 9.35. The fraction of sp³-hybridized carbons (Fsp3) is 0.667. The van der Waals surface area contributed by atoms with Gasteiger partial charge in [-0.25, -0.2) is 0 Å². The maximum atomic E-state index is 4.01. The maximum Gasteiger partial charge on any atom is 0.175 e. The third-order valence-electron chi connectivity index (χ3n) is 0.977. The normalized spacial score (nSPS) is 10.4. The summed E-state index contributed by atoms with van der Waals surface area (Å²) in [7, 11) is 0. The molecule has 11 heavy (non-hydrogen) atoms. The summed E-state index contributed by atoms with van der Waals surface area (Å²) in [6, 6.07) is 0. The minimum absolute atomic E-state index is 1.05. The highest BCUT2D eigenvalue weighted by Gasteiger charge is 1.99. The largest absolute Gasteiger partial charge is 0.175 e. The number of thioether (sulfide) groups is 2. The molecule has 0 saturated carbocycles. The molecule has 0 N–H and O–H groups in total. The zero-order chi connectivity index (χ0) is 8.10. The fourth-order valence-corrected chi connectivity index (χ4v) is 3.46. The van der Waals surface area contributed by atoms with Crippen LogP contribution in [0.15, 0.2) is 4.34 Å². The van der Waals surface area contributed by atoms with Crippen molar-refractivity contribution in [3.05, 3.63) is 5.01 Å². The minimum atomic E-state index is 1.05. The molecule has 0 radical (unpaired) electrons. The number of hydrogen-bond acceptors (Lipinski definition) is 5. The number of aromatic nitrogens is 2. The highest BCUT2D eigenvalue weighted by Crippen LogP contribution is 2.24. The zero-order valence-electron chi connectivity index (χ0n) is 6.53. The molecule has 0 saturated heterocycles. The van der Waals surface area contributed by atoms with Crippen LogP contribution in [0.3, 0.4) is 0 Å². The first-order chi connectivity index (χ1) is 5.33. The second-order valence-electron chi connectivity index (χ2n) is 1.84. The van der Waals surface area contributed by atoms with Gasteiger partial charge in [-0.2, -0.15) is 11.8 Å². The van der Waals surface area contributed by atoms with Gasteiger partial charge in [0.25, 0.3) is 0 Å². The third-order valence-corrected chi connectivity index (χ3v) is 4.09. The lowest BCUT2D eigenvalue weighted by atomic mass is 10.9. The third kappa shape index (κ3) is 3.44. The molecule has 1 rings (SSSR count). The van der Waals surface area contributed by atoms with E-state index in [0.29, 0.717) is 0 Å². The summed E-state index contributed by atoms with van der Waals surface area (Å²) in [6.07, 6.45) is 0. The Kier molecular flexibility index (Phi) is 4.25. The lowest BCUT2D eigenvalue weighted by Gasteiger charge is -1.91. The molecule has 0 spiro atoms. The molecule has 0 aliphatic rings. The van der Waals surface area contributed by atoms with Gasteiger partial charge in [0.1, 0.15) is 5.01 Å². The van der Waals surface area contributed by atoms with Gasteiger partial charge in [-0.1, -0.05) is 30.0 Å². The molecule has 0 bridgehead atoms. The summed E-state index contributed by atoms with van der Waals surface area (Å²) in [6.45, 7) is 4.14. The molecule has 2 nitrogen and oxygen atoms in total. The number of nitrogens with zero attached hydrogens (tertiary/aromatic N) is 2. The quantitative estimate of drug-likeness (QED) is 0.430. The van der Waals surface area contributed by atoms with Gasteiger partial charge >= 0.3 is 0 Å². The van der Waals surface area contributed by atoms with Gasteiger partial charge in [0.15, 0.2) is 4.34 Å². The molecular weight excluding hydrogens is 196 g/mol. The Morgan fingerprint density at radius 1 is 1.45 bits per heavy atom. The van der Waals surface area contributed by atoms with E-state index >= 15 is 0 Å². The lowest BCUT2D eigenvalue weighted by Crippen LogP contribution is -1.73. The Bertz CT molecular complexity index is 211. The van der Waals surface area contributed by atoms with Crippen LogP contribution in [0.5, 0.6) is 0 Å². The predicted molar refractivity (Wildman–Crippen MR) is 53.5 cm³/mol. The van der Waals surface area contributed by atoms with Crippen molar-refractivity contribution < 1.29 is 0 Å². The Morgan fingerprint density at radius 3 is 2.82 bits per heavy atom. The topological polar surface area (TPSA) is 25.8 Å². The Morgan fingerprint density at radius 2 is 2.27 bits per heavy atom. The van der Waals surface area contributed by atoms with E-state index < -0.39 is 0 Å². The highest BCUT2D eigenvalue weighted by atomic mass is 32.2. The SMILES string of the molecule is CCSCSc1nnc(C)s1. The fourth-order valence-electron chi connectivity index (χ4n) is 0.512. The maximum absolute atomic E-state index is 4.01. The highest BCUT2D eigenvalue weighted by molar-refractivity contribution is 8.16. The van der Waals surface area contributed by atoms with Crippen molar-refractivity contribution >= 4 is 34.9 Å². The summed E-state index contributed by atoms with van der Waals surface area (Å²) < 4.78 is 1.09. The van der Waals surface area contributed by atoms with Crippen LogP contribution in [-0.2, 0) is 0 Å². The molecule has 0 aromatic carbocycles. The van der Waals surface area contributed by atoms with Crippen molar-refractivity contribution in [2.24, 2.45) is 0 Å². The van der Waals surface area contributed by atoms with Crippen LogP contribution in [0.4, 0.5) is 0 Å². The summed E-state index contributed by atoms with van der Waals surface area (Å²) in [5.74, 6) is 1.17. The summed E-state index contributed by atoms with van der Waals surface area (Å²) in [5.41, 5.74) is 0. The molecule has 0 unspecified atom stereocenters. The Balaban J connectivity index is 2.27. The van der Waals surface area contributed by atoms with Gasteiger partial charge in [-0.3, -0.25) is 0 Å². The molecule has 0 aliphatic heterocycles. The van der Waals surface area contributed by atoms with E-state index in [-0.39, 0.29) is 0 Å². The summed E-state index contributed by atoms with van der Waals surface area (Å²) in [5, 5.41) is 10.1. The van der Waals surface area contributed by atoms with E-state index in [1.165, 1.54) is 5.75 Å². The number of hydrogen-bond donors (Lipinski definition) is 0. The molecule has 1 heterocycles. The molecule has 0 aliphatic carbocycles. The van der Waals surface area contributed by atoms with Crippen molar-refractivity contribution in [1.82, 2.24) is 10.2 Å². The van der Waals surface area contributed by atoms with Crippen LogP contribution < -0.4 is 0 Å². The van der Waals surface area contributed by atoms with E-state index in [4.69, 9.17) is 0 Å². The monoisotopic (exact) mass is 206 g/mol. The van der Waals surface area contributed by atoms with Crippen LogP contribution in [0.2, 0.25) is 0 Å². The van der Waals surface area contributed by atoms with Gasteiger partial charge in [0.05, 0.1) is 0 Å². The first-order valence-corrected chi connectivity index (χ1v) is 6.29. The van der Waals surface area contributed by atoms with Crippen LogP contribution in [-0.4, -0.2) is 21.0 Å². The zero-order valence-corrected chi connectivity index (χ0v) is 8.98. The predicted octanol–water partition coefficient (Wildman–Crippen LogP) is 2.65. The molecular formula is C6H10N2S3. The van der Waals surface area contributed by atoms with Crippen molar-refractivity contribution in [2.75, 3.05) is 10.8 Å². The van der Waals surface area contributed by atoms with Crippen molar-refractivity contribution in [2.45, 2.75) is 18.2 Å². The number of rotatable bonds is 4. The molecule has 0 amide bonds. The van der Waals surface area contributed by atoms with Crippen molar-refractivity contribution in [3.8, 4) is 0 Å². The molecule has 62 valence electrons. The van der Waals surface area contributed by atoms with Crippen molar-refractivity contribution in [1.29, 1.82) is 0 Å². The standard InChI is InChI=1S/C6H10N2S3/c1-3-9-4-10-6-8-7-5(2)11-6/h3-4H2,1-2H3. The van der Waals surface area contributed by atoms with Gasteiger partial charge in [-0.15, -0.1) is 10.2 Å². The van der Waals surface area contributed by atoms with E-state index in [1.807, 2.05) is 18.7 Å². The van der Waals surface area contributed by atoms with Crippen molar-refractivity contribution in [3.63, 3.8) is 0 Å². The van der Waals surface area contributed by atoms with Gasteiger partial charge in [0.2, 0.25) is 0 Å². The summed E-state index contributed by atoms with van der Waals surface area (Å²) in [4.78, 5) is 0. The molecule has 1 aromatic rings. The average molecular weight is 206 g/mol. The van der Waals surface area contributed by atoms with Gasteiger partial charge in [0, 0.05) is 5.08 Å². The second kappa shape index (κ2) is 5.00. The van der Waals surface area contributed by atoms with Crippen LogP contribution in [0, 0.1) is 6.92 Å². The molecule has 1 aromatic heterocycles. The molecule has 0 fully saturated rings. The van der Waals surface area contributed by atoms with E-state index in [9.17, 15) is 0 Å². The van der Waals surface area contributed by atoms with Gasteiger partial charge in [-0.05, 0) is 12.7 Å². The van der Waals surface area contributed by atoms with Crippen LogP contribution in [0.25, 0.3) is 0 Å². The first-order valence-electron chi connectivity index (χ1n) is 3.33. The Labute approximate surface area is 79.2 Å².